The number of hydrogen-bond acceptors (Lipinski definition) is 2. The van der Waals surface area contributed by atoms with E-state index < -0.39 is 0 Å². The minimum Gasteiger partial charge on any atom is -0.370 e. The molecule has 1 aliphatic rings. The number of carbonyl (C=O) groups is 1. The number of ketones is 1. The van der Waals surface area contributed by atoms with Crippen LogP contribution in [0.15, 0.2) is 30.3 Å². The van der Waals surface area contributed by atoms with Gasteiger partial charge < -0.3 is 4.74 Å². The lowest BCUT2D eigenvalue weighted by Gasteiger charge is -2.26. The Bertz CT molecular complexity index is 368. The van der Waals surface area contributed by atoms with Gasteiger partial charge in [0, 0.05) is 12.2 Å². The molecule has 0 aromatic heterocycles. The van der Waals surface area contributed by atoms with Gasteiger partial charge in [0.1, 0.15) is 6.10 Å². The van der Waals surface area contributed by atoms with E-state index in [0.717, 1.165) is 30.9 Å². The average molecular weight is 246 g/mol. The van der Waals surface area contributed by atoms with Crippen molar-refractivity contribution in [3.05, 3.63) is 35.9 Å². The molecule has 0 bridgehead atoms. The quantitative estimate of drug-likeness (QED) is 0.683. The van der Waals surface area contributed by atoms with Crippen LogP contribution in [0.1, 0.15) is 49.4 Å². The first kappa shape index (κ1) is 13.3. The fraction of sp³-hybridized carbons (Fsp3) is 0.562. The second-order valence-electron chi connectivity index (χ2n) is 5.08. The van der Waals surface area contributed by atoms with Crippen LogP contribution in [0, 0.1) is 5.92 Å². The van der Waals surface area contributed by atoms with Gasteiger partial charge in [0.15, 0.2) is 5.78 Å². The topological polar surface area (TPSA) is 26.3 Å². The second-order valence-corrected chi connectivity index (χ2v) is 5.08. The van der Waals surface area contributed by atoms with Crippen molar-refractivity contribution in [2.45, 2.75) is 45.1 Å². The summed E-state index contributed by atoms with van der Waals surface area (Å²) in [7, 11) is 0. The molecule has 0 heterocycles. The van der Waals surface area contributed by atoms with Crippen LogP contribution >= 0.6 is 0 Å². The second kappa shape index (κ2) is 6.69. The van der Waals surface area contributed by atoms with E-state index in [4.69, 9.17) is 4.74 Å². The summed E-state index contributed by atoms with van der Waals surface area (Å²) in [4.78, 5) is 12.2. The number of benzene rings is 1. The van der Waals surface area contributed by atoms with Crippen molar-refractivity contribution in [2.75, 3.05) is 6.61 Å². The molecule has 1 aromatic carbocycles. The van der Waals surface area contributed by atoms with Crippen LogP contribution in [-0.4, -0.2) is 18.5 Å². The van der Waals surface area contributed by atoms with E-state index in [0.29, 0.717) is 0 Å². The molecule has 1 atom stereocenters. The van der Waals surface area contributed by atoms with E-state index >= 15 is 0 Å². The highest BCUT2D eigenvalue weighted by Gasteiger charge is 2.21. The van der Waals surface area contributed by atoms with Crippen molar-refractivity contribution < 1.29 is 9.53 Å². The Balaban J connectivity index is 1.81. The molecule has 98 valence electrons. The Morgan fingerprint density at radius 1 is 1.33 bits per heavy atom. The molecular formula is C16H22O2. The van der Waals surface area contributed by atoms with Gasteiger partial charge in [-0.05, 0) is 18.8 Å². The summed E-state index contributed by atoms with van der Waals surface area (Å²) in [5.74, 6) is 0.959. The number of ether oxygens (including phenoxy) is 1. The van der Waals surface area contributed by atoms with Crippen molar-refractivity contribution in [1.82, 2.24) is 0 Å². The minimum atomic E-state index is -0.271. The molecule has 0 radical (unpaired) electrons. The molecule has 1 unspecified atom stereocenters. The van der Waals surface area contributed by atoms with Gasteiger partial charge in [0.25, 0.3) is 0 Å². The Labute approximate surface area is 109 Å². The monoisotopic (exact) mass is 246 g/mol. The van der Waals surface area contributed by atoms with E-state index in [1.165, 1.54) is 19.3 Å². The first-order valence-corrected chi connectivity index (χ1v) is 7.02. The maximum absolute atomic E-state index is 12.2. The molecule has 0 saturated heterocycles. The van der Waals surface area contributed by atoms with Gasteiger partial charge in [-0.2, -0.15) is 0 Å². The molecule has 1 aliphatic carbocycles. The highest BCUT2D eigenvalue weighted by molar-refractivity contribution is 5.99. The molecule has 0 N–H and O–H groups in total. The highest BCUT2D eigenvalue weighted by atomic mass is 16.5. The lowest BCUT2D eigenvalue weighted by Crippen LogP contribution is -2.25. The zero-order valence-electron chi connectivity index (χ0n) is 11.1. The van der Waals surface area contributed by atoms with E-state index in [9.17, 15) is 4.79 Å². The smallest absolute Gasteiger partial charge is 0.191 e. The van der Waals surface area contributed by atoms with Crippen molar-refractivity contribution in [3.8, 4) is 0 Å². The summed E-state index contributed by atoms with van der Waals surface area (Å²) in [5.41, 5.74) is 0.757. The van der Waals surface area contributed by atoms with Crippen LogP contribution in [-0.2, 0) is 4.74 Å². The Morgan fingerprint density at radius 3 is 2.61 bits per heavy atom. The Hall–Kier alpha value is -1.15. The van der Waals surface area contributed by atoms with Crippen LogP contribution < -0.4 is 0 Å². The first-order chi connectivity index (χ1) is 8.81. The predicted molar refractivity (Wildman–Crippen MR) is 72.8 cm³/mol. The number of hydrogen-bond donors (Lipinski definition) is 0. The standard InChI is InChI=1S/C16H22O2/c1-2-15(18-12-11-13-7-6-8-13)16(17)14-9-4-3-5-10-14/h3-5,9-10,13,15H,2,6-8,11-12H2,1H3. The number of Topliss-reactive ketones (excluding diaryl/α,β-unsaturated/α-hetero) is 1. The number of rotatable bonds is 7. The molecule has 1 fully saturated rings. The summed E-state index contributed by atoms with van der Waals surface area (Å²) in [6.07, 6.45) is 5.63. The van der Waals surface area contributed by atoms with Gasteiger partial charge in [-0.15, -0.1) is 0 Å². The summed E-state index contributed by atoms with van der Waals surface area (Å²) >= 11 is 0. The summed E-state index contributed by atoms with van der Waals surface area (Å²) in [6, 6.07) is 9.44. The first-order valence-electron chi connectivity index (χ1n) is 7.02. The Kier molecular flexibility index (Phi) is 4.94. The lowest BCUT2D eigenvalue weighted by molar-refractivity contribution is 0.0313. The van der Waals surface area contributed by atoms with E-state index in [1.54, 1.807) is 0 Å². The average Bonchev–Trinajstić information content (AvgIpc) is 2.37. The largest absolute Gasteiger partial charge is 0.370 e. The molecule has 2 rings (SSSR count). The summed E-state index contributed by atoms with van der Waals surface area (Å²) in [5, 5.41) is 0. The van der Waals surface area contributed by atoms with Crippen LogP contribution in [0.5, 0.6) is 0 Å². The molecule has 18 heavy (non-hydrogen) atoms. The van der Waals surface area contributed by atoms with Gasteiger partial charge >= 0.3 is 0 Å². The van der Waals surface area contributed by atoms with Gasteiger partial charge in [-0.25, -0.2) is 0 Å². The maximum atomic E-state index is 12.2. The predicted octanol–water partition coefficient (Wildman–Crippen LogP) is 3.85. The van der Waals surface area contributed by atoms with Gasteiger partial charge in [0.05, 0.1) is 0 Å². The molecule has 0 spiro atoms. The van der Waals surface area contributed by atoms with Crippen molar-refractivity contribution in [1.29, 1.82) is 0 Å². The van der Waals surface area contributed by atoms with E-state index in [1.807, 2.05) is 37.3 Å². The van der Waals surface area contributed by atoms with Crippen molar-refractivity contribution >= 4 is 5.78 Å². The minimum absolute atomic E-state index is 0.117. The molecular weight excluding hydrogens is 224 g/mol. The summed E-state index contributed by atoms with van der Waals surface area (Å²) in [6.45, 7) is 2.73. The van der Waals surface area contributed by atoms with Crippen LogP contribution in [0.4, 0.5) is 0 Å². The molecule has 1 saturated carbocycles. The SMILES string of the molecule is CCC(OCCC1CCC1)C(=O)c1ccccc1. The third-order valence-corrected chi connectivity index (χ3v) is 3.79. The van der Waals surface area contributed by atoms with E-state index in [-0.39, 0.29) is 11.9 Å². The molecule has 2 nitrogen and oxygen atoms in total. The van der Waals surface area contributed by atoms with Crippen molar-refractivity contribution in [2.24, 2.45) is 5.92 Å². The third-order valence-electron chi connectivity index (χ3n) is 3.79. The molecule has 0 amide bonds. The highest BCUT2D eigenvalue weighted by Crippen LogP contribution is 2.29. The van der Waals surface area contributed by atoms with Crippen LogP contribution in [0.3, 0.4) is 0 Å². The fourth-order valence-electron chi connectivity index (χ4n) is 2.33. The lowest BCUT2D eigenvalue weighted by atomic mass is 9.83. The molecule has 1 aromatic rings. The Morgan fingerprint density at radius 2 is 2.06 bits per heavy atom. The van der Waals surface area contributed by atoms with Gasteiger partial charge in [-0.3, -0.25) is 4.79 Å². The normalized spacial score (nSPS) is 17.2. The zero-order chi connectivity index (χ0) is 12.8. The molecule has 0 aliphatic heterocycles. The molecule has 2 heteroatoms. The maximum Gasteiger partial charge on any atom is 0.191 e. The van der Waals surface area contributed by atoms with Crippen LogP contribution in [0.25, 0.3) is 0 Å². The zero-order valence-corrected chi connectivity index (χ0v) is 11.1. The summed E-state index contributed by atoms with van der Waals surface area (Å²) < 4.78 is 5.76. The van der Waals surface area contributed by atoms with Gasteiger partial charge in [0.2, 0.25) is 0 Å². The van der Waals surface area contributed by atoms with Crippen molar-refractivity contribution in [3.63, 3.8) is 0 Å². The van der Waals surface area contributed by atoms with Gasteiger partial charge in [-0.1, -0.05) is 56.5 Å². The van der Waals surface area contributed by atoms with E-state index in [2.05, 4.69) is 0 Å². The number of carbonyl (C=O) groups excluding carboxylic acids is 1. The fourth-order valence-corrected chi connectivity index (χ4v) is 2.33. The van der Waals surface area contributed by atoms with Crippen LogP contribution in [0.2, 0.25) is 0 Å². The third kappa shape index (κ3) is 3.42.